The number of hydrogen-bond acceptors (Lipinski definition) is 4. The molecule has 1 heterocycles. The van der Waals surface area contributed by atoms with Crippen LogP contribution in [-0.2, 0) is 18.8 Å². The molecule has 1 aliphatic rings. The predicted molar refractivity (Wildman–Crippen MR) is 56.9 cm³/mol. The third kappa shape index (κ3) is 3.13. The molecule has 4 nitrogen and oxygen atoms in total. The molecular formula is C10H15BO4. The first kappa shape index (κ1) is 11.8. The summed E-state index contributed by atoms with van der Waals surface area (Å²) in [6.45, 7) is 9.54. The Morgan fingerprint density at radius 1 is 1.67 bits per heavy atom. The zero-order valence-corrected chi connectivity index (χ0v) is 9.28. The van der Waals surface area contributed by atoms with Crippen molar-refractivity contribution in [3.8, 4) is 0 Å². The van der Waals surface area contributed by atoms with Gasteiger partial charge in [0.2, 0.25) is 0 Å². The molecule has 82 valence electrons. The largest absolute Gasteiger partial charge is 0.555 e. The van der Waals surface area contributed by atoms with E-state index in [1.165, 1.54) is 12.1 Å². The quantitative estimate of drug-likeness (QED) is 0.402. The van der Waals surface area contributed by atoms with E-state index >= 15 is 0 Å². The minimum atomic E-state index is -0.558. The van der Waals surface area contributed by atoms with Crippen molar-refractivity contribution in [3.63, 3.8) is 0 Å². The summed E-state index contributed by atoms with van der Waals surface area (Å²) in [6.07, 6.45) is 1.29. The van der Waals surface area contributed by atoms with Crippen molar-refractivity contribution in [1.82, 2.24) is 0 Å². The lowest BCUT2D eigenvalue weighted by atomic mass is 9.90. The Hall–Kier alpha value is -1.23. The minimum absolute atomic E-state index is 0.355. The van der Waals surface area contributed by atoms with Crippen LogP contribution in [0.3, 0.4) is 0 Å². The standard InChI is InChI=1S/C10H15BO4/c1-5-13-9(12)6-7-11-14-8(2)10(3,4)15-11/h6-7H,2,5H2,1,3-4H3/b7-6+. The summed E-state index contributed by atoms with van der Waals surface area (Å²) in [7, 11) is -0.558. The van der Waals surface area contributed by atoms with Gasteiger partial charge in [-0.25, -0.2) is 4.79 Å². The summed E-state index contributed by atoms with van der Waals surface area (Å²) in [5, 5.41) is 0. The summed E-state index contributed by atoms with van der Waals surface area (Å²) in [6, 6.07) is 0. The molecule has 1 saturated heterocycles. The van der Waals surface area contributed by atoms with Crippen LogP contribution < -0.4 is 0 Å². The van der Waals surface area contributed by atoms with Crippen molar-refractivity contribution in [1.29, 1.82) is 0 Å². The maximum absolute atomic E-state index is 11.0. The molecule has 1 aliphatic heterocycles. The molecule has 0 aromatic rings. The highest BCUT2D eigenvalue weighted by atomic mass is 16.7. The van der Waals surface area contributed by atoms with E-state index in [-0.39, 0.29) is 0 Å². The highest BCUT2D eigenvalue weighted by Crippen LogP contribution is 2.29. The van der Waals surface area contributed by atoms with Gasteiger partial charge >= 0.3 is 13.1 Å². The Kier molecular flexibility index (Phi) is 3.58. The number of hydrogen-bond donors (Lipinski definition) is 0. The molecule has 0 radical (unpaired) electrons. The van der Waals surface area contributed by atoms with Gasteiger partial charge in [0.1, 0.15) is 5.60 Å². The maximum atomic E-state index is 11.0. The van der Waals surface area contributed by atoms with Gasteiger partial charge in [0.25, 0.3) is 0 Å². The molecule has 0 unspecified atom stereocenters. The fraction of sp³-hybridized carbons (Fsp3) is 0.500. The van der Waals surface area contributed by atoms with E-state index in [0.717, 1.165) is 0 Å². The van der Waals surface area contributed by atoms with E-state index in [9.17, 15) is 4.79 Å². The summed E-state index contributed by atoms with van der Waals surface area (Å²) in [4.78, 5) is 11.0. The fourth-order valence-electron chi connectivity index (χ4n) is 1.09. The lowest BCUT2D eigenvalue weighted by Crippen LogP contribution is -2.22. The van der Waals surface area contributed by atoms with E-state index < -0.39 is 18.7 Å². The van der Waals surface area contributed by atoms with Crippen molar-refractivity contribution in [3.05, 3.63) is 24.4 Å². The van der Waals surface area contributed by atoms with Crippen LogP contribution in [0.5, 0.6) is 0 Å². The predicted octanol–water partition coefficient (Wildman–Crippen LogP) is 1.47. The molecule has 0 aromatic heterocycles. The van der Waals surface area contributed by atoms with Gasteiger partial charge in [-0.2, -0.15) is 0 Å². The second-order valence-electron chi connectivity index (χ2n) is 3.65. The lowest BCUT2D eigenvalue weighted by molar-refractivity contribution is -0.137. The van der Waals surface area contributed by atoms with Crippen LogP contribution in [0.15, 0.2) is 24.4 Å². The number of esters is 1. The van der Waals surface area contributed by atoms with E-state index in [2.05, 4.69) is 6.58 Å². The van der Waals surface area contributed by atoms with Crippen LogP contribution in [-0.4, -0.2) is 25.3 Å². The van der Waals surface area contributed by atoms with Crippen molar-refractivity contribution in [2.45, 2.75) is 26.4 Å². The van der Waals surface area contributed by atoms with Crippen LogP contribution in [0.4, 0.5) is 0 Å². The van der Waals surface area contributed by atoms with Crippen LogP contribution in [0, 0.1) is 0 Å². The molecule has 0 atom stereocenters. The smallest absolute Gasteiger partial charge is 0.534 e. The normalized spacial score (nSPS) is 19.4. The Morgan fingerprint density at radius 3 is 2.80 bits per heavy atom. The maximum Gasteiger partial charge on any atom is 0.555 e. The molecule has 1 fully saturated rings. The van der Waals surface area contributed by atoms with Gasteiger partial charge in [0, 0.05) is 6.08 Å². The number of rotatable bonds is 3. The monoisotopic (exact) mass is 210 g/mol. The van der Waals surface area contributed by atoms with Gasteiger partial charge in [-0.15, -0.1) is 0 Å². The fourth-order valence-corrected chi connectivity index (χ4v) is 1.09. The Balaban J connectivity index is 2.49. The summed E-state index contributed by atoms with van der Waals surface area (Å²) in [5.74, 6) is 1.67. The number of ether oxygens (including phenoxy) is 1. The van der Waals surface area contributed by atoms with Gasteiger partial charge < -0.3 is 14.0 Å². The zero-order chi connectivity index (χ0) is 11.5. The van der Waals surface area contributed by atoms with Gasteiger partial charge in [0.15, 0.2) is 0 Å². The van der Waals surface area contributed by atoms with Crippen LogP contribution in [0.25, 0.3) is 0 Å². The van der Waals surface area contributed by atoms with Gasteiger partial charge in [-0.1, -0.05) is 6.58 Å². The molecular weight excluding hydrogens is 195 g/mol. The van der Waals surface area contributed by atoms with Gasteiger partial charge in [-0.05, 0) is 26.7 Å². The minimum Gasteiger partial charge on any atom is -0.534 e. The molecule has 0 aromatic carbocycles. The molecule has 0 N–H and O–H groups in total. The molecule has 15 heavy (non-hydrogen) atoms. The molecule has 0 aliphatic carbocycles. The van der Waals surface area contributed by atoms with E-state index in [0.29, 0.717) is 12.4 Å². The molecule has 5 heteroatoms. The number of carbonyl (C=O) groups excluding carboxylic acids is 1. The van der Waals surface area contributed by atoms with E-state index in [1.54, 1.807) is 6.92 Å². The zero-order valence-electron chi connectivity index (χ0n) is 9.28. The third-order valence-corrected chi connectivity index (χ3v) is 2.02. The highest BCUT2D eigenvalue weighted by molar-refractivity contribution is 6.52. The van der Waals surface area contributed by atoms with Crippen LogP contribution in [0.2, 0.25) is 0 Å². The third-order valence-electron chi connectivity index (χ3n) is 2.02. The average molecular weight is 210 g/mol. The topological polar surface area (TPSA) is 44.8 Å². The molecule has 0 saturated carbocycles. The van der Waals surface area contributed by atoms with E-state index in [1.807, 2.05) is 13.8 Å². The second kappa shape index (κ2) is 4.53. The molecule has 0 bridgehead atoms. The molecule has 0 amide bonds. The number of carbonyl (C=O) groups is 1. The van der Waals surface area contributed by atoms with Crippen LogP contribution >= 0.6 is 0 Å². The SMILES string of the molecule is C=C1OB(/C=C/C(=O)OCC)OC1(C)C. The first-order valence-electron chi connectivity index (χ1n) is 4.84. The highest BCUT2D eigenvalue weighted by Gasteiger charge is 2.39. The Bertz CT molecular complexity index is 296. The second-order valence-corrected chi connectivity index (χ2v) is 3.65. The van der Waals surface area contributed by atoms with Crippen molar-refractivity contribution in [2.75, 3.05) is 6.61 Å². The van der Waals surface area contributed by atoms with Crippen molar-refractivity contribution < 1.29 is 18.8 Å². The molecule has 1 rings (SSSR count). The Labute approximate surface area is 90.0 Å². The summed E-state index contributed by atoms with van der Waals surface area (Å²) in [5.41, 5.74) is -0.510. The van der Waals surface area contributed by atoms with Gasteiger partial charge in [-0.3, -0.25) is 0 Å². The molecule has 0 spiro atoms. The van der Waals surface area contributed by atoms with E-state index in [4.69, 9.17) is 14.0 Å². The average Bonchev–Trinajstić information content (AvgIpc) is 2.38. The summed E-state index contributed by atoms with van der Waals surface area (Å²) >= 11 is 0. The van der Waals surface area contributed by atoms with Crippen molar-refractivity contribution in [2.24, 2.45) is 0 Å². The Morgan fingerprint density at radius 2 is 2.33 bits per heavy atom. The van der Waals surface area contributed by atoms with Gasteiger partial charge in [0.05, 0.1) is 12.4 Å². The first-order chi connectivity index (χ1) is 6.95. The van der Waals surface area contributed by atoms with Crippen LogP contribution in [0.1, 0.15) is 20.8 Å². The van der Waals surface area contributed by atoms with Crippen molar-refractivity contribution >= 4 is 13.1 Å². The summed E-state index contributed by atoms with van der Waals surface area (Å²) < 4.78 is 15.5. The lowest BCUT2D eigenvalue weighted by Gasteiger charge is -2.15. The first-order valence-corrected chi connectivity index (χ1v) is 4.84.